The van der Waals surface area contributed by atoms with Crippen molar-refractivity contribution >= 4 is 34.9 Å². The van der Waals surface area contributed by atoms with Gasteiger partial charge >= 0.3 is 5.97 Å². The molecule has 0 saturated heterocycles. The predicted molar refractivity (Wildman–Crippen MR) is 54.5 cm³/mol. The van der Waals surface area contributed by atoms with E-state index in [1.807, 2.05) is 0 Å². The van der Waals surface area contributed by atoms with Crippen molar-refractivity contribution in [3.8, 4) is 0 Å². The number of methoxy groups -OCH3 is 1. The molecule has 0 unspecified atom stereocenters. The SMILES string of the molecule is COC(=O)c1nc(CCl)c(F)c(N)c1Cl. The number of pyridine rings is 1. The third-order valence-corrected chi connectivity index (χ3v) is 2.32. The summed E-state index contributed by atoms with van der Waals surface area (Å²) in [7, 11) is 1.15. The normalized spacial score (nSPS) is 10.1. The Morgan fingerprint density at radius 2 is 2.27 bits per heavy atom. The molecule has 0 bridgehead atoms. The van der Waals surface area contributed by atoms with Gasteiger partial charge in [0, 0.05) is 0 Å². The van der Waals surface area contributed by atoms with Crippen molar-refractivity contribution in [2.75, 3.05) is 12.8 Å². The molecule has 7 heteroatoms. The summed E-state index contributed by atoms with van der Waals surface area (Å²) < 4.78 is 17.7. The predicted octanol–water partition coefficient (Wildman–Crippen LogP) is 1.98. The average molecular weight is 253 g/mol. The molecule has 0 saturated carbocycles. The summed E-state index contributed by atoms with van der Waals surface area (Å²) in [5, 5.41) is -0.270. The van der Waals surface area contributed by atoms with Gasteiger partial charge in [0.2, 0.25) is 0 Å². The number of nitrogens with two attached hydrogens (primary N) is 1. The summed E-state index contributed by atoms with van der Waals surface area (Å²) in [6.07, 6.45) is 0. The Kier molecular flexibility index (Phi) is 3.71. The van der Waals surface area contributed by atoms with Crippen molar-refractivity contribution in [3.05, 3.63) is 22.2 Å². The molecule has 2 N–H and O–H groups in total. The molecule has 0 spiro atoms. The summed E-state index contributed by atoms with van der Waals surface area (Å²) in [4.78, 5) is 14.8. The van der Waals surface area contributed by atoms with Gasteiger partial charge in [-0.25, -0.2) is 14.2 Å². The molecule has 0 aliphatic carbocycles. The number of ether oxygens (including phenoxy) is 1. The quantitative estimate of drug-likeness (QED) is 0.646. The Bertz CT molecular complexity index is 412. The van der Waals surface area contributed by atoms with Crippen LogP contribution in [0.4, 0.5) is 10.1 Å². The first-order valence-corrected chi connectivity index (χ1v) is 4.71. The van der Waals surface area contributed by atoms with Crippen LogP contribution in [0.25, 0.3) is 0 Å². The third-order valence-electron chi connectivity index (χ3n) is 1.69. The van der Waals surface area contributed by atoms with Crippen LogP contribution >= 0.6 is 23.2 Å². The van der Waals surface area contributed by atoms with Crippen molar-refractivity contribution in [2.24, 2.45) is 0 Å². The second kappa shape index (κ2) is 4.63. The zero-order chi connectivity index (χ0) is 11.6. The molecule has 0 radical (unpaired) electrons. The maximum atomic E-state index is 13.3. The standard InChI is InChI=1S/C8H7Cl2FN2O2/c1-15-8(14)7-4(10)6(12)5(11)3(2-9)13-7/h2H2,1H3,(H2,12,13). The van der Waals surface area contributed by atoms with E-state index < -0.39 is 11.8 Å². The number of halogens is 3. The lowest BCUT2D eigenvalue weighted by atomic mass is 10.2. The minimum absolute atomic E-state index is 0.140. The van der Waals surface area contributed by atoms with E-state index in [-0.39, 0.29) is 28.0 Å². The van der Waals surface area contributed by atoms with Gasteiger partial charge in [-0.15, -0.1) is 11.6 Å². The largest absolute Gasteiger partial charge is 0.464 e. The molecule has 82 valence electrons. The molecule has 0 fully saturated rings. The Morgan fingerprint density at radius 3 is 2.73 bits per heavy atom. The highest BCUT2D eigenvalue weighted by atomic mass is 35.5. The highest BCUT2D eigenvalue weighted by molar-refractivity contribution is 6.35. The van der Waals surface area contributed by atoms with Gasteiger partial charge in [-0.1, -0.05) is 11.6 Å². The first-order chi connectivity index (χ1) is 7.02. The Balaban J connectivity index is 3.41. The topological polar surface area (TPSA) is 65.2 Å². The highest BCUT2D eigenvalue weighted by Crippen LogP contribution is 2.27. The number of nitrogens with zero attached hydrogens (tertiary/aromatic N) is 1. The number of carbonyl (C=O) groups excluding carboxylic acids is 1. The van der Waals surface area contributed by atoms with Gasteiger partial charge in [0.25, 0.3) is 0 Å². The molecule has 0 atom stereocenters. The molecule has 0 aliphatic heterocycles. The van der Waals surface area contributed by atoms with Crippen LogP contribution in [0.3, 0.4) is 0 Å². The van der Waals surface area contributed by atoms with Crippen LogP contribution in [-0.2, 0) is 10.6 Å². The molecular formula is C8H7Cl2FN2O2. The highest BCUT2D eigenvalue weighted by Gasteiger charge is 2.21. The number of nitrogen functional groups attached to an aromatic ring is 1. The lowest BCUT2D eigenvalue weighted by molar-refractivity contribution is 0.0594. The number of aromatic nitrogens is 1. The lowest BCUT2D eigenvalue weighted by Crippen LogP contribution is -2.11. The van der Waals surface area contributed by atoms with Crippen molar-refractivity contribution in [1.29, 1.82) is 0 Å². The minimum Gasteiger partial charge on any atom is -0.464 e. The van der Waals surface area contributed by atoms with E-state index in [4.69, 9.17) is 28.9 Å². The number of hydrogen-bond acceptors (Lipinski definition) is 4. The van der Waals surface area contributed by atoms with E-state index in [2.05, 4.69) is 9.72 Å². The Hall–Kier alpha value is -1.07. The number of rotatable bonds is 2. The maximum absolute atomic E-state index is 13.3. The van der Waals surface area contributed by atoms with Gasteiger partial charge in [-0.2, -0.15) is 0 Å². The van der Waals surface area contributed by atoms with E-state index in [1.54, 1.807) is 0 Å². The molecule has 1 aromatic heterocycles. The zero-order valence-corrected chi connectivity index (χ0v) is 9.19. The molecule has 15 heavy (non-hydrogen) atoms. The number of esters is 1. The Morgan fingerprint density at radius 1 is 1.67 bits per heavy atom. The molecule has 1 aromatic rings. The maximum Gasteiger partial charge on any atom is 0.358 e. The minimum atomic E-state index is -0.817. The van der Waals surface area contributed by atoms with Crippen LogP contribution < -0.4 is 5.73 Å². The van der Waals surface area contributed by atoms with Crippen molar-refractivity contribution in [1.82, 2.24) is 4.98 Å². The fourth-order valence-corrected chi connectivity index (χ4v) is 1.31. The van der Waals surface area contributed by atoms with Crippen LogP contribution in [0.15, 0.2) is 0 Å². The summed E-state index contributed by atoms with van der Waals surface area (Å²) in [5.74, 6) is -1.82. The Labute approximate surface area is 95.1 Å². The van der Waals surface area contributed by atoms with E-state index in [1.165, 1.54) is 0 Å². The fraction of sp³-hybridized carbons (Fsp3) is 0.250. The van der Waals surface area contributed by atoms with Gasteiger partial charge in [0.1, 0.15) is 0 Å². The van der Waals surface area contributed by atoms with Crippen LogP contribution in [0, 0.1) is 5.82 Å². The van der Waals surface area contributed by atoms with E-state index in [0.717, 1.165) is 7.11 Å². The number of carbonyl (C=O) groups is 1. The second-order valence-electron chi connectivity index (χ2n) is 2.57. The summed E-state index contributed by atoms with van der Waals surface area (Å²) >= 11 is 11.1. The van der Waals surface area contributed by atoms with Gasteiger partial charge in [0.15, 0.2) is 11.5 Å². The number of alkyl halides is 1. The van der Waals surface area contributed by atoms with E-state index >= 15 is 0 Å². The van der Waals surface area contributed by atoms with Gasteiger partial charge in [-0.3, -0.25) is 0 Å². The fourth-order valence-electron chi connectivity index (χ4n) is 0.933. The van der Waals surface area contributed by atoms with Crippen LogP contribution in [-0.4, -0.2) is 18.1 Å². The average Bonchev–Trinajstić information content (AvgIpc) is 2.25. The molecular weight excluding hydrogens is 246 g/mol. The monoisotopic (exact) mass is 252 g/mol. The van der Waals surface area contributed by atoms with Crippen molar-refractivity contribution in [3.63, 3.8) is 0 Å². The van der Waals surface area contributed by atoms with Crippen LogP contribution in [0.2, 0.25) is 5.02 Å². The summed E-state index contributed by atoms with van der Waals surface area (Å²) in [6, 6.07) is 0. The number of hydrogen-bond donors (Lipinski definition) is 1. The molecule has 0 aromatic carbocycles. The molecule has 1 rings (SSSR count). The molecule has 0 aliphatic rings. The first-order valence-electron chi connectivity index (χ1n) is 3.80. The van der Waals surface area contributed by atoms with Crippen molar-refractivity contribution in [2.45, 2.75) is 5.88 Å². The summed E-state index contributed by atoms with van der Waals surface area (Å²) in [6.45, 7) is 0. The number of anilines is 1. The molecule has 0 amide bonds. The van der Waals surface area contributed by atoms with Gasteiger partial charge < -0.3 is 10.5 Å². The summed E-state index contributed by atoms with van der Waals surface area (Å²) in [5.41, 5.74) is 4.60. The first kappa shape index (κ1) is 12.0. The van der Waals surface area contributed by atoms with Gasteiger partial charge in [0.05, 0.1) is 29.4 Å². The smallest absolute Gasteiger partial charge is 0.358 e. The zero-order valence-electron chi connectivity index (χ0n) is 7.68. The third kappa shape index (κ3) is 2.13. The van der Waals surface area contributed by atoms with Crippen LogP contribution in [0.1, 0.15) is 16.2 Å². The molecule has 4 nitrogen and oxygen atoms in total. The van der Waals surface area contributed by atoms with Crippen LogP contribution in [0.5, 0.6) is 0 Å². The second-order valence-corrected chi connectivity index (χ2v) is 3.22. The molecule has 1 heterocycles. The lowest BCUT2D eigenvalue weighted by Gasteiger charge is -2.08. The van der Waals surface area contributed by atoms with Gasteiger partial charge in [-0.05, 0) is 0 Å². The van der Waals surface area contributed by atoms with E-state index in [0.29, 0.717) is 0 Å². The van der Waals surface area contributed by atoms with Crippen molar-refractivity contribution < 1.29 is 13.9 Å². The van der Waals surface area contributed by atoms with E-state index in [9.17, 15) is 9.18 Å².